The van der Waals surface area contributed by atoms with Crippen LogP contribution in [-0.2, 0) is 4.74 Å². The predicted molar refractivity (Wildman–Crippen MR) is 83.1 cm³/mol. The second-order valence-electron chi connectivity index (χ2n) is 5.76. The molecule has 1 saturated heterocycles. The number of rotatable bonds is 5. The van der Waals surface area contributed by atoms with Crippen molar-refractivity contribution in [2.45, 2.75) is 32.7 Å². The van der Waals surface area contributed by atoms with Crippen molar-refractivity contribution in [2.24, 2.45) is 0 Å². The molecular weight excluding hydrogens is 266 g/mol. The number of morpholine rings is 1. The summed E-state index contributed by atoms with van der Waals surface area (Å²) in [5.41, 5.74) is 1.23. The highest BCUT2D eigenvalue weighted by atomic mass is 16.5. The molecule has 116 valence electrons. The first-order valence-corrected chi connectivity index (χ1v) is 7.55. The normalized spacial score (nSPS) is 19.0. The summed E-state index contributed by atoms with van der Waals surface area (Å²) in [5.74, 6) is 0.783. The van der Waals surface area contributed by atoms with Gasteiger partial charge in [0.05, 0.1) is 31.4 Å². The molecule has 0 amide bonds. The van der Waals surface area contributed by atoms with Crippen molar-refractivity contribution < 1.29 is 14.3 Å². The monoisotopic (exact) mass is 291 g/mol. The van der Waals surface area contributed by atoms with E-state index in [-0.39, 0.29) is 5.78 Å². The van der Waals surface area contributed by atoms with Crippen LogP contribution in [0, 0.1) is 6.92 Å². The van der Waals surface area contributed by atoms with Gasteiger partial charge in [-0.25, -0.2) is 0 Å². The average Bonchev–Trinajstić information content (AvgIpc) is 2.54. The van der Waals surface area contributed by atoms with E-state index in [4.69, 9.17) is 9.47 Å². The number of nitrogens with zero attached hydrogens (tertiary/aromatic N) is 1. The van der Waals surface area contributed by atoms with E-state index in [1.54, 1.807) is 7.11 Å². The molecule has 1 aromatic rings. The maximum atomic E-state index is 13.2. The summed E-state index contributed by atoms with van der Waals surface area (Å²) in [4.78, 5) is 15.4. The van der Waals surface area contributed by atoms with E-state index in [0.717, 1.165) is 25.1 Å². The zero-order valence-electron chi connectivity index (χ0n) is 13.4. The van der Waals surface area contributed by atoms with Crippen LogP contribution in [0.3, 0.4) is 0 Å². The van der Waals surface area contributed by atoms with E-state index in [2.05, 4.69) is 11.8 Å². The molecule has 4 nitrogen and oxygen atoms in total. The van der Waals surface area contributed by atoms with Crippen molar-refractivity contribution in [3.05, 3.63) is 29.3 Å². The van der Waals surface area contributed by atoms with Crippen LogP contribution in [0.2, 0.25) is 0 Å². The third-order valence-corrected chi connectivity index (χ3v) is 4.49. The molecule has 4 heteroatoms. The number of hydrogen-bond donors (Lipinski definition) is 0. The summed E-state index contributed by atoms with van der Waals surface area (Å²) in [6, 6.07) is 5.76. The van der Waals surface area contributed by atoms with Gasteiger partial charge in [0.25, 0.3) is 0 Å². The molecule has 0 aliphatic carbocycles. The lowest BCUT2D eigenvalue weighted by molar-refractivity contribution is -0.0107. The average molecular weight is 291 g/mol. The highest BCUT2D eigenvalue weighted by Gasteiger charge is 2.39. The second-order valence-corrected chi connectivity index (χ2v) is 5.76. The van der Waals surface area contributed by atoms with E-state index in [1.807, 2.05) is 32.0 Å². The number of carbonyl (C=O) groups is 1. The van der Waals surface area contributed by atoms with Crippen LogP contribution in [0.4, 0.5) is 0 Å². The van der Waals surface area contributed by atoms with Crippen LogP contribution in [0.1, 0.15) is 36.2 Å². The van der Waals surface area contributed by atoms with E-state index in [9.17, 15) is 4.79 Å². The molecule has 1 fully saturated rings. The number of aryl methyl sites for hydroxylation is 1. The number of ketones is 1. The number of ether oxygens (including phenoxy) is 2. The molecule has 0 aromatic heterocycles. The van der Waals surface area contributed by atoms with E-state index >= 15 is 0 Å². The molecule has 0 bridgehead atoms. The molecular formula is C17H25NO3. The van der Waals surface area contributed by atoms with Gasteiger partial charge in [0.15, 0.2) is 5.78 Å². The maximum Gasteiger partial charge on any atom is 0.186 e. The molecule has 1 aromatic carbocycles. The first kappa shape index (κ1) is 16.0. The fourth-order valence-electron chi connectivity index (χ4n) is 2.87. The van der Waals surface area contributed by atoms with Crippen LogP contribution in [-0.4, -0.2) is 49.6 Å². The van der Waals surface area contributed by atoms with Crippen LogP contribution in [0.5, 0.6) is 5.75 Å². The number of Topliss-reactive ketones (excluding diaryl/α,β-unsaturated/α-hetero) is 1. The smallest absolute Gasteiger partial charge is 0.186 e. The fourth-order valence-corrected chi connectivity index (χ4v) is 2.87. The molecule has 1 atom stereocenters. The van der Waals surface area contributed by atoms with Crippen molar-refractivity contribution in [1.82, 2.24) is 4.90 Å². The van der Waals surface area contributed by atoms with Crippen molar-refractivity contribution in [2.75, 3.05) is 33.4 Å². The van der Waals surface area contributed by atoms with Gasteiger partial charge in [-0.1, -0.05) is 18.6 Å². The number of carbonyl (C=O) groups excluding carboxylic acids is 1. The largest absolute Gasteiger partial charge is 0.496 e. The SMILES string of the molecule is CCC(C)(C(=O)c1cc(C)ccc1OC)N1CCOCC1. The van der Waals surface area contributed by atoms with Crippen LogP contribution in [0.25, 0.3) is 0 Å². The van der Waals surface area contributed by atoms with Crippen molar-refractivity contribution in [1.29, 1.82) is 0 Å². The first-order valence-electron chi connectivity index (χ1n) is 7.55. The lowest BCUT2D eigenvalue weighted by Gasteiger charge is -2.41. The molecule has 1 aliphatic rings. The van der Waals surface area contributed by atoms with Gasteiger partial charge < -0.3 is 9.47 Å². The molecule has 0 spiro atoms. The number of methoxy groups -OCH3 is 1. The fraction of sp³-hybridized carbons (Fsp3) is 0.588. The van der Waals surface area contributed by atoms with Gasteiger partial charge in [-0.05, 0) is 32.4 Å². The summed E-state index contributed by atoms with van der Waals surface area (Å²) >= 11 is 0. The lowest BCUT2D eigenvalue weighted by atomic mass is 9.85. The molecule has 1 aliphatic heterocycles. The minimum Gasteiger partial charge on any atom is -0.496 e. The Bertz CT molecular complexity index is 509. The quantitative estimate of drug-likeness (QED) is 0.782. The Morgan fingerprint density at radius 2 is 2.05 bits per heavy atom. The Kier molecular flexibility index (Phi) is 5.01. The summed E-state index contributed by atoms with van der Waals surface area (Å²) in [7, 11) is 1.61. The lowest BCUT2D eigenvalue weighted by Crippen LogP contribution is -2.56. The number of benzene rings is 1. The number of hydrogen-bond acceptors (Lipinski definition) is 4. The van der Waals surface area contributed by atoms with E-state index in [1.165, 1.54) is 0 Å². The maximum absolute atomic E-state index is 13.2. The van der Waals surface area contributed by atoms with Crippen LogP contribution < -0.4 is 4.74 Å². The first-order chi connectivity index (χ1) is 10.0. The highest BCUT2D eigenvalue weighted by molar-refractivity contribution is 6.05. The second kappa shape index (κ2) is 6.58. The molecule has 1 heterocycles. The van der Waals surface area contributed by atoms with E-state index in [0.29, 0.717) is 24.5 Å². The Morgan fingerprint density at radius 3 is 2.62 bits per heavy atom. The minimum atomic E-state index is -0.509. The van der Waals surface area contributed by atoms with Gasteiger partial charge >= 0.3 is 0 Å². The van der Waals surface area contributed by atoms with Crippen molar-refractivity contribution in [3.8, 4) is 5.75 Å². The Labute approximate surface area is 127 Å². The van der Waals surface area contributed by atoms with Crippen LogP contribution >= 0.6 is 0 Å². The van der Waals surface area contributed by atoms with Gasteiger partial charge in [0, 0.05) is 13.1 Å². The molecule has 0 N–H and O–H groups in total. The van der Waals surface area contributed by atoms with E-state index < -0.39 is 5.54 Å². The topological polar surface area (TPSA) is 38.8 Å². The van der Waals surface area contributed by atoms with Gasteiger partial charge in [-0.3, -0.25) is 9.69 Å². The Morgan fingerprint density at radius 1 is 1.38 bits per heavy atom. The predicted octanol–water partition coefficient (Wildman–Crippen LogP) is 2.69. The molecule has 0 radical (unpaired) electrons. The van der Waals surface area contributed by atoms with Crippen molar-refractivity contribution in [3.63, 3.8) is 0 Å². The zero-order valence-corrected chi connectivity index (χ0v) is 13.4. The zero-order chi connectivity index (χ0) is 15.5. The van der Waals surface area contributed by atoms with Gasteiger partial charge in [0.1, 0.15) is 5.75 Å². The van der Waals surface area contributed by atoms with Gasteiger partial charge in [-0.15, -0.1) is 0 Å². The van der Waals surface area contributed by atoms with Gasteiger partial charge in [0.2, 0.25) is 0 Å². The van der Waals surface area contributed by atoms with Gasteiger partial charge in [-0.2, -0.15) is 0 Å². The molecule has 0 saturated carbocycles. The summed E-state index contributed by atoms with van der Waals surface area (Å²) < 4.78 is 10.8. The highest BCUT2D eigenvalue weighted by Crippen LogP contribution is 2.30. The molecule has 2 rings (SSSR count). The van der Waals surface area contributed by atoms with Crippen LogP contribution in [0.15, 0.2) is 18.2 Å². The Hall–Kier alpha value is -1.39. The molecule has 1 unspecified atom stereocenters. The third-order valence-electron chi connectivity index (χ3n) is 4.49. The third kappa shape index (κ3) is 3.11. The minimum absolute atomic E-state index is 0.132. The summed E-state index contributed by atoms with van der Waals surface area (Å²) in [5, 5.41) is 0. The van der Waals surface area contributed by atoms with Crippen molar-refractivity contribution >= 4 is 5.78 Å². The summed E-state index contributed by atoms with van der Waals surface area (Å²) in [6.45, 7) is 9.06. The molecule has 21 heavy (non-hydrogen) atoms. The standard InChI is InChI=1S/C17H25NO3/c1-5-17(3,18-8-10-21-11-9-18)16(19)14-12-13(2)6-7-15(14)20-4/h6-7,12H,5,8-11H2,1-4H3. The Balaban J connectivity index is 2.37. The summed E-state index contributed by atoms with van der Waals surface area (Å²) in [6.07, 6.45) is 0.767.